The van der Waals surface area contributed by atoms with Crippen LogP contribution in [-0.2, 0) is 42.9 Å². The molecule has 180 valence electrons. The standard InChI is InChI=1S/C21H24BrNO10/c1-10(24)29-9-16-18(30-11(2)25)19(31-12(3)26)17(21(33-16)32-13(4)27)23-20(28)14-5-7-15(22)8-6-14/h5-8,16-19,21H,9H2,1-4H3,(H,23,28). The first-order chi connectivity index (χ1) is 15.5. The zero-order valence-corrected chi connectivity index (χ0v) is 19.9. The fourth-order valence-electron chi connectivity index (χ4n) is 3.16. The summed E-state index contributed by atoms with van der Waals surface area (Å²) in [6.45, 7) is 4.14. The maximum Gasteiger partial charge on any atom is 0.305 e. The zero-order chi connectivity index (χ0) is 24.7. The maximum atomic E-state index is 12.9. The fraction of sp³-hybridized carbons (Fsp3) is 0.476. The van der Waals surface area contributed by atoms with Crippen LogP contribution in [0, 0.1) is 0 Å². The molecule has 5 atom stereocenters. The smallest absolute Gasteiger partial charge is 0.305 e. The highest BCUT2D eigenvalue weighted by molar-refractivity contribution is 9.10. The number of benzene rings is 1. The monoisotopic (exact) mass is 529 g/mol. The highest BCUT2D eigenvalue weighted by Gasteiger charge is 2.52. The van der Waals surface area contributed by atoms with Crippen molar-refractivity contribution in [2.24, 2.45) is 0 Å². The summed E-state index contributed by atoms with van der Waals surface area (Å²) in [6, 6.07) is 5.12. The molecule has 1 aromatic carbocycles. The van der Waals surface area contributed by atoms with E-state index in [1.165, 1.54) is 12.1 Å². The molecule has 1 aromatic rings. The van der Waals surface area contributed by atoms with E-state index in [9.17, 15) is 24.0 Å². The van der Waals surface area contributed by atoms with Crippen LogP contribution in [0.1, 0.15) is 38.1 Å². The Morgan fingerprint density at radius 2 is 1.39 bits per heavy atom. The van der Waals surface area contributed by atoms with Crippen molar-refractivity contribution in [1.82, 2.24) is 5.32 Å². The van der Waals surface area contributed by atoms with Crippen molar-refractivity contribution >= 4 is 45.7 Å². The number of rotatable bonds is 7. The lowest BCUT2D eigenvalue weighted by atomic mass is 9.95. The summed E-state index contributed by atoms with van der Waals surface area (Å²) in [5, 5.41) is 2.62. The number of carbonyl (C=O) groups excluding carboxylic acids is 5. The van der Waals surface area contributed by atoms with Gasteiger partial charge in [0.25, 0.3) is 5.91 Å². The van der Waals surface area contributed by atoms with Gasteiger partial charge in [0.15, 0.2) is 12.2 Å². The number of carbonyl (C=O) groups is 5. The predicted molar refractivity (Wildman–Crippen MR) is 114 cm³/mol. The Labute approximate surface area is 198 Å². The molecule has 0 aromatic heterocycles. The number of hydrogen-bond donors (Lipinski definition) is 1. The summed E-state index contributed by atoms with van der Waals surface area (Å²) >= 11 is 3.28. The molecule has 12 heteroatoms. The van der Waals surface area contributed by atoms with Gasteiger partial charge in [-0.25, -0.2) is 0 Å². The number of esters is 4. The molecule has 2 rings (SSSR count). The molecule has 0 spiro atoms. The molecule has 1 heterocycles. The summed E-state index contributed by atoms with van der Waals surface area (Å²) in [5.41, 5.74) is 0.257. The molecular weight excluding hydrogens is 506 g/mol. The Bertz CT molecular complexity index is 903. The van der Waals surface area contributed by atoms with Crippen LogP contribution in [0.4, 0.5) is 0 Å². The quantitative estimate of drug-likeness (QED) is 0.404. The highest BCUT2D eigenvalue weighted by atomic mass is 79.9. The van der Waals surface area contributed by atoms with Crippen LogP contribution in [0.5, 0.6) is 0 Å². The molecule has 11 nitrogen and oxygen atoms in total. The van der Waals surface area contributed by atoms with Crippen LogP contribution >= 0.6 is 15.9 Å². The summed E-state index contributed by atoms with van der Waals surface area (Å²) in [6.07, 6.45) is -5.22. The molecule has 1 aliphatic rings. The van der Waals surface area contributed by atoms with Crippen LogP contribution in [0.25, 0.3) is 0 Å². The van der Waals surface area contributed by atoms with Crippen LogP contribution in [0.15, 0.2) is 28.7 Å². The van der Waals surface area contributed by atoms with E-state index in [2.05, 4.69) is 21.2 Å². The second-order valence-electron chi connectivity index (χ2n) is 7.11. The van der Waals surface area contributed by atoms with E-state index >= 15 is 0 Å². The lowest BCUT2D eigenvalue weighted by Gasteiger charge is -2.44. The van der Waals surface area contributed by atoms with Gasteiger partial charge in [-0.3, -0.25) is 24.0 Å². The van der Waals surface area contributed by atoms with E-state index < -0.39 is 67.0 Å². The molecule has 1 fully saturated rings. The molecule has 1 N–H and O–H groups in total. The van der Waals surface area contributed by atoms with Crippen LogP contribution in [-0.4, -0.2) is 67.0 Å². The average Bonchev–Trinajstić information content (AvgIpc) is 2.70. The lowest BCUT2D eigenvalue weighted by Crippen LogP contribution is -2.67. The molecule has 1 saturated heterocycles. The molecular formula is C21H24BrNO10. The fourth-order valence-corrected chi connectivity index (χ4v) is 3.42. The van der Waals surface area contributed by atoms with Crippen molar-refractivity contribution in [3.63, 3.8) is 0 Å². The normalized spacial score (nSPS) is 24.2. The summed E-state index contributed by atoms with van der Waals surface area (Å²) < 4.78 is 27.3. The van der Waals surface area contributed by atoms with Gasteiger partial charge in [0.1, 0.15) is 18.8 Å². The Balaban J connectivity index is 2.44. The molecule has 1 aliphatic heterocycles. The molecule has 0 radical (unpaired) electrons. The first-order valence-corrected chi connectivity index (χ1v) is 10.6. The molecule has 0 bridgehead atoms. The molecule has 1 amide bonds. The Kier molecular flexibility index (Phi) is 9.35. The zero-order valence-electron chi connectivity index (χ0n) is 18.4. The van der Waals surface area contributed by atoms with Gasteiger partial charge >= 0.3 is 23.9 Å². The first kappa shape index (κ1) is 26.3. The largest absolute Gasteiger partial charge is 0.463 e. The minimum absolute atomic E-state index is 0.257. The Morgan fingerprint density at radius 3 is 1.91 bits per heavy atom. The second kappa shape index (κ2) is 11.8. The molecule has 0 aliphatic carbocycles. The molecule has 33 heavy (non-hydrogen) atoms. The molecule has 5 unspecified atom stereocenters. The number of hydrogen-bond acceptors (Lipinski definition) is 10. The summed E-state index contributed by atoms with van der Waals surface area (Å²) in [5.74, 6) is -3.47. The van der Waals surface area contributed by atoms with Crippen LogP contribution in [0.2, 0.25) is 0 Å². The van der Waals surface area contributed by atoms with Crippen molar-refractivity contribution in [2.45, 2.75) is 58.3 Å². The van der Waals surface area contributed by atoms with Gasteiger partial charge in [0.05, 0.1) is 0 Å². The van der Waals surface area contributed by atoms with Gasteiger partial charge in [-0.2, -0.15) is 0 Å². The van der Waals surface area contributed by atoms with Crippen LogP contribution < -0.4 is 5.32 Å². The summed E-state index contributed by atoms with van der Waals surface area (Å²) in [7, 11) is 0. The second-order valence-corrected chi connectivity index (χ2v) is 8.02. The van der Waals surface area contributed by atoms with Gasteiger partial charge in [-0.1, -0.05) is 15.9 Å². The predicted octanol–water partition coefficient (Wildman–Crippen LogP) is 1.26. The van der Waals surface area contributed by atoms with Crippen molar-refractivity contribution in [2.75, 3.05) is 6.61 Å². The van der Waals surface area contributed by atoms with Gasteiger partial charge in [-0.15, -0.1) is 0 Å². The van der Waals surface area contributed by atoms with Gasteiger partial charge in [0.2, 0.25) is 6.29 Å². The van der Waals surface area contributed by atoms with Gasteiger partial charge in [-0.05, 0) is 24.3 Å². The lowest BCUT2D eigenvalue weighted by molar-refractivity contribution is -0.270. The maximum absolute atomic E-state index is 12.9. The summed E-state index contributed by atoms with van der Waals surface area (Å²) in [4.78, 5) is 59.5. The third-order valence-electron chi connectivity index (χ3n) is 4.39. The van der Waals surface area contributed by atoms with E-state index in [1.807, 2.05) is 0 Å². The van der Waals surface area contributed by atoms with Gasteiger partial charge in [0, 0.05) is 37.7 Å². The van der Waals surface area contributed by atoms with Crippen molar-refractivity contribution in [3.05, 3.63) is 34.3 Å². The average molecular weight is 530 g/mol. The van der Waals surface area contributed by atoms with E-state index in [-0.39, 0.29) is 5.56 Å². The van der Waals surface area contributed by atoms with Crippen LogP contribution in [0.3, 0.4) is 0 Å². The number of nitrogens with one attached hydrogen (secondary N) is 1. The minimum atomic E-state index is -1.45. The van der Waals surface area contributed by atoms with Crippen molar-refractivity contribution in [3.8, 4) is 0 Å². The third-order valence-corrected chi connectivity index (χ3v) is 4.92. The SMILES string of the molecule is CC(=O)OCC1OC(OC(C)=O)C(NC(=O)c2ccc(Br)cc2)C(OC(C)=O)C1OC(C)=O. The van der Waals surface area contributed by atoms with E-state index in [0.717, 1.165) is 32.2 Å². The van der Waals surface area contributed by atoms with Crippen molar-refractivity contribution in [1.29, 1.82) is 0 Å². The number of amides is 1. The number of ether oxygens (including phenoxy) is 5. The topological polar surface area (TPSA) is 144 Å². The third kappa shape index (κ3) is 7.82. The van der Waals surface area contributed by atoms with Crippen molar-refractivity contribution < 1.29 is 47.7 Å². The Hall–Kier alpha value is -2.99. The number of halogens is 1. The molecule has 0 saturated carbocycles. The van der Waals surface area contributed by atoms with E-state index in [1.54, 1.807) is 12.1 Å². The van der Waals surface area contributed by atoms with E-state index in [0.29, 0.717) is 0 Å². The van der Waals surface area contributed by atoms with E-state index in [4.69, 9.17) is 23.7 Å². The van der Waals surface area contributed by atoms with Gasteiger partial charge < -0.3 is 29.0 Å². The highest BCUT2D eigenvalue weighted by Crippen LogP contribution is 2.28. The minimum Gasteiger partial charge on any atom is -0.463 e. The Morgan fingerprint density at radius 1 is 0.848 bits per heavy atom. The first-order valence-electron chi connectivity index (χ1n) is 9.84.